The SMILES string of the molecule is CCOc1ccc(NC(=O)CSc2ncnc3c2nnn3C)cc1. The van der Waals surface area contributed by atoms with Crippen LogP contribution in [0.15, 0.2) is 35.6 Å². The molecule has 0 aliphatic carbocycles. The first-order valence-electron chi connectivity index (χ1n) is 7.33. The van der Waals surface area contributed by atoms with Gasteiger partial charge >= 0.3 is 0 Å². The van der Waals surface area contributed by atoms with Gasteiger partial charge < -0.3 is 10.1 Å². The van der Waals surface area contributed by atoms with Crippen LogP contribution in [0.5, 0.6) is 5.75 Å². The van der Waals surface area contributed by atoms with Gasteiger partial charge in [0, 0.05) is 12.7 Å². The third kappa shape index (κ3) is 3.62. The normalized spacial score (nSPS) is 10.8. The Kier molecular flexibility index (Phi) is 4.90. The van der Waals surface area contributed by atoms with Gasteiger partial charge in [-0.1, -0.05) is 17.0 Å². The zero-order chi connectivity index (χ0) is 16.9. The van der Waals surface area contributed by atoms with Crippen LogP contribution in [-0.4, -0.2) is 43.2 Å². The molecule has 3 rings (SSSR count). The second kappa shape index (κ2) is 7.26. The lowest BCUT2D eigenvalue weighted by Gasteiger charge is -2.07. The largest absolute Gasteiger partial charge is 0.494 e. The fourth-order valence-corrected chi connectivity index (χ4v) is 2.80. The van der Waals surface area contributed by atoms with Crippen molar-refractivity contribution in [3.8, 4) is 5.75 Å². The van der Waals surface area contributed by atoms with Gasteiger partial charge in [0.1, 0.15) is 17.1 Å². The number of aromatic nitrogens is 5. The van der Waals surface area contributed by atoms with Crippen molar-refractivity contribution >= 4 is 34.5 Å². The number of fused-ring (bicyclic) bond motifs is 1. The van der Waals surface area contributed by atoms with E-state index in [0.717, 1.165) is 11.4 Å². The summed E-state index contributed by atoms with van der Waals surface area (Å²) in [6.07, 6.45) is 1.44. The van der Waals surface area contributed by atoms with Gasteiger partial charge in [-0.15, -0.1) is 5.10 Å². The molecule has 124 valence electrons. The second-order valence-corrected chi connectivity index (χ2v) is 5.82. The van der Waals surface area contributed by atoms with Gasteiger partial charge in [0.25, 0.3) is 0 Å². The van der Waals surface area contributed by atoms with Gasteiger partial charge in [-0.3, -0.25) is 4.79 Å². The number of hydrogen-bond donors (Lipinski definition) is 1. The van der Waals surface area contributed by atoms with Crippen molar-refractivity contribution < 1.29 is 9.53 Å². The topological polar surface area (TPSA) is 94.8 Å². The number of benzene rings is 1. The number of carbonyl (C=O) groups excluding carboxylic acids is 1. The van der Waals surface area contributed by atoms with Crippen LogP contribution in [0.25, 0.3) is 11.2 Å². The van der Waals surface area contributed by atoms with E-state index in [1.54, 1.807) is 23.9 Å². The molecule has 24 heavy (non-hydrogen) atoms. The minimum absolute atomic E-state index is 0.125. The third-order valence-corrected chi connectivity index (χ3v) is 4.12. The van der Waals surface area contributed by atoms with Crippen LogP contribution in [0.4, 0.5) is 5.69 Å². The molecule has 9 heteroatoms. The van der Waals surface area contributed by atoms with Crippen molar-refractivity contribution in [1.29, 1.82) is 0 Å². The number of anilines is 1. The van der Waals surface area contributed by atoms with Gasteiger partial charge in [0.05, 0.1) is 12.4 Å². The Balaban J connectivity index is 1.60. The maximum Gasteiger partial charge on any atom is 0.234 e. The average Bonchev–Trinajstić information content (AvgIpc) is 2.97. The summed E-state index contributed by atoms with van der Waals surface area (Å²) in [7, 11) is 1.76. The van der Waals surface area contributed by atoms with E-state index in [1.165, 1.54) is 18.1 Å². The maximum atomic E-state index is 12.1. The highest BCUT2D eigenvalue weighted by Crippen LogP contribution is 2.22. The van der Waals surface area contributed by atoms with Gasteiger partial charge in [0.15, 0.2) is 11.2 Å². The number of hydrogen-bond acceptors (Lipinski definition) is 7. The lowest BCUT2D eigenvalue weighted by molar-refractivity contribution is -0.113. The van der Waals surface area contributed by atoms with Crippen molar-refractivity contribution in [2.75, 3.05) is 17.7 Å². The number of amides is 1. The molecular weight excluding hydrogens is 328 g/mol. The molecule has 0 saturated heterocycles. The second-order valence-electron chi connectivity index (χ2n) is 4.86. The molecule has 0 bridgehead atoms. The summed E-state index contributed by atoms with van der Waals surface area (Å²) in [4.78, 5) is 20.4. The van der Waals surface area contributed by atoms with Crippen LogP contribution in [0.3, 0.4) is 0 Å². The smallest absolute Gasteiger partial charge is 0.234 e. The van der Waals surface area contributed by atoms with Gasteiger partial charge in [-0.05, 0) is 31.2 Å². The van der Waals surface area contributed by atoms with Crippen LogP contribution < -0.4 is 10.1 Å². The summed E-state index contributed by atoms with van der Waals surface area (Å²) < 4.78 is 6.94. The molecule has 0 aliphatic rings. The number of carbonyl (C=O) groups is 1. The Morgan fingerprint density at radius 1 is 1.29 bits per heavy atom. The summed E-state index contributed by atoms with van der Waals surface area (Å²) in [5.41, 5.74) is 1.95. The highest BCUT2D eigenvalue weighted by atomic mass is 32.2. The number of thioether (sulfide) groups is 1. The van der Waals surface area contributed by atoms with Gasteiger partial charge in [-0.25, -0.2) is 14.6 Å². The number of ether oxygens (including phenoxy) is 1. The minimum atomic E-state index is -0.125. The summed E-state index contributed by atoms with van der Waals surface area (Å²) in [5, 5.41) is 11.4. The van der Waals surface area contributed by atoms with E-state index in [0.29, 0.717) is 22.8 Å². The van der Waals surface area contributed by atoms with Gasteiger partial charge in [0.2, 0.25) is 5.91 Å². The van der Waals surface area contributed by atoms with Crippen LogP contribution in [0, 0.1) is 0 Å². The molecular formula is C15H16N6O2S. The lowest BCUT2D eigenvalue weighted by atomic mass is 10.3. The molecule has 0 saturated carbocycles. The highest BCUT2D eigenvalue weighted by Gasteiger charge is 2.12. The number of rotatable bonds is 6. The third-order valence-electron chi connectivity index (χ3n) is 3.14. The Morgan fingerprint density at radius 3 is 2.83 bits per heavy atom. The van der Waals surface area contributed by atoms with E-state index in [2.05, 4.69) is 25.6 Å². The van der Waals surface area contributed by atoms with Crippen LogP contribution in [-0.2, 0) is 11.8 Å². The average molecular weight is 344 g/mol. The predicted octanol–water partition coefficient (Wildman–Crippen LogP) is 1.89. The maximum absolute atomic E-state index is 12.1. The number of nitrogens with one attached hydrogen (secondary N) is 1. The fraction of sp³-hybridized carbons (Fsp3) is 0.267. The van der Waals surface area contributed by atoms with Crippen molar-refractivity contribution in [3.63, 3.8) is 0 Å². The number of aryl methyl sites for hydroxylation is 1. The van der Waals surface area contributed by atoms with Crippen molar-refractivity contribution in [3.05, 3.63) is 30.6 Å². The lowest BCUT2D eigenvalue weighted by Crippen LogP contribution is -2.14. The molecule has 1 N–H and O–H groups in total. The molecule has 8 nitrogen and oxygen atoms in total. The van der Waals surface area contributed by atoms with Crippen LogP contribution in [0.2, 0.25) is 0 Å². The van der Waals surface area contributed by atoms with Crippen molar-refractivity contribution in [2.24, 2.45) is 7.05 Å². The monoisotopic (exact) mass is 344 g/mol. The molecule has 2 aromatic heterocycles. The van der Waals surface area contributed by atoms with E-state index in [-0.39, 0.29) is 11.7 Å². The van der Waals surface area contributed by atoms with Crippen molar-refractivity contribution in [2.45, 2.75) is 11.9 Å². The van der Waals surface area contributed by atoms with Crippen LogP contribution in [0.1, 0.15) is 6.92 Å². The molecule has 2 heterocycles. The standard InChI is InChI=1S/C15H16N6O2S/c1-3-23-11-6-4-10(5-7-11)18-12(22)8-24-15-13-14(16-9-17-15)21(2)20-19-13/h4-7,9H,3,8H2,1-2H3,(H,18,22). The zero-order valence-corrected chi connectivity index (χ0v) is 14.1. The molecule has 0 radical (unpaired) electrons. The molecule has 1 aromatic carbocycles. The van der Waals surface area contributed by atoms with E-state index in [4.69, 9.17) is 4.74 Å². The quantitative estimate of drug-likeness (QED) is 0.539. The Labute approximate surface area is 142 Å². The zero-order valence-electron chi connectivity index (χ0n) is 13.3. The van der Waals surface area contributed by atoms with E-state index >= 15 is 0 Å². The van der Waals surface area contributed by atoms with E-state index in [1.807, 2.05) is 19.1 Å². The molecule has 0 aliphatic heterocycles. The Morgan fingerprint density at radius 2 is 2.08 bits per heavy atom. The highest BCUT2D eigenvalue weighted by molar-refractivity contribution is 8.00. The Hall–Kier alpha value is -2.68. The molecule has 1 amide bonds. The van der Waals surface area contributed by atoms with Gasteiger partial charge in [-0.2, -0.15) is 0 Å². The molecule has 0 spiro atoms. The summed E-state index contributed by atoms with van der Waals surface area (Å²) in [5.74, 6) is 0.867. The Bertz CT molecular complexity index is 849. The first kappa shape index (κ1) is 16.2. The van der Waals surface area contributed by atoms with Crippen LogP contribution >= 0.6 is 11.8 Å². The fourth-order valence-electron chi connectivity index (χ4n) is 2.07. The predicted molar refractivity (Wildman–Crippen MR) is 91.1 cm³/mol. The summed E-state index contributed by atoms with van der Waals surface area (Å²) >= 11 is 1.30. The van der Waals surface area contributed by atoms with Crippen molar-refractivity contribution in [1.82, 2.24) is 25.0 Å². The van der Waals surface area contributed by atoms with E-state index < -0.39 is 0 Å². The first-order chi connectivity index (χ1) is 11.7. The molecule has 0 fully saturated rings. The number of nitrogens with zero attached hydrogens (tertiary/aromatic N) is 5. The molecule has 0 unspecified atom stereocenters. The minimum Gasteiger partial charge on any atom is -0.494 e. The molecule has 3 aromatic rings. The summed E-state index contributed by atoms with van der Waals surface area (Å²) in [6.45, 7) is 2.53. The van der Waals surface area contributed by atoms with E-state index in [9.17, 15) is 4.79 Å². The molecule has 0 atom stereocenters. The summed E-state index contributed by atoms with van der Waals surface area (Å²) in [6, 6.07) is 7.25. The first-order valence-corrected chi connectivity index (χ1v) is 8.32.